The van der Waals surface area contributed by atoms with E-state index in [1.54, 1.807) is 0 Å². The second kappa shape index (κ2) is 6.80. The Morgan fingerprint density at radius 3 is 2.89 bits per heavy atom. The van der Waals surface area contributed by atoms with Gasteiger partial charge in [0.25, 0.3) is 5.91 Å². The summed E-state index contributed by atoms with van der Waals surface area (Å²) in [6, 6.07) is 5.64. The number of amides is 1. The minimum atomic E-state index is 0.120. The van der Waals surface area contributed by atoms with Crippen molar-refractivity contribution in [3.8, 4) is 0 Å². The van der Waals surface area contributed by atoms with E-state index in [1.165, 1.54) is 12.8 Å². The van der Waals surface area contributed by atoms with Crippen LogP contribution in [0, 0.1) is 5.92 Å². The van der Waals surface area contributed by atoms with Crippen LogP contribution in [0.2, 0.25) is 0 Å². The van der Waals surface area contributed by atoms with E-state index in [0.29, 0.717) is 5.56 Å². The summed E-state index contributed by atoms with van der Waals surface area (Å²) in [6.07, 6.45) is 4.70. The third-order valence-corrected chi connectivity index (χ3v) is 4.77. The van der Waals surface area contributed by atoms with E-state index in [-0.39, 0.29) is 5.91 Å². The molecule has 1 unspecified atom stereocenters. The molecule has 1 aliphatic heterocycles. The molecule has 1 amide bonds. The largest absolute Gasteiger partial charge is 0.339 e. The average molecular weight is 342 g/mol. The van der Waals surface area contributed by atoms with Crippen molar-refractivity contribution in [2.75, 3.05) is 13.1 Å². The van der Waals surface area contributed by atoms with E-state index in [4.69, 9.17) is 0 Å². The Bertz CT molecular complexity index is 463. The number of thiol groups is 1. The second-order valence-electron chi connectivity index (χ2n) is 5.16. The number of nitrogens with zero attached hydrogens (tertiary/aromatic N) is 1. The van der Waals surface area contributed by atoms with Crippen molar-refractivity contribution in [1.29, 1.82) is 0 Å². The molecule has 1 heterocycles. The van der Waals surface area contributed by atoms with Crippen molar-refractivity contribution in [3.05, 3.63) is 28.2 Å². The lowest BCUT2D eigenvalue weighted by molar-refractivity contribution is 0.0756. The maximum Gasteiger partial charge on any atom is 0.254 e. The van der Waals surface area contributed by atoms with Crippen molar-refractivity contribution in [3.63, 3.8) is 0 Å². The molecule has 19 heavy (non-hydrogen) atoms. The van der Waals surface area contributed by atoms with E-state index in [0.717, 1.165) is 41.2 Å². The molecule has 1 aromatic carbocycles. The lowest BCUT2D eigenvalue weighted by Crippen LogP contribution is -2.32. The molecule has 2 rings (SSSR count). The molecule has 0 aliphatic carbocycles. The monoisotopic (exact) mass is 341 g/mol. The minimum absolute atomic E-state index is 0.120. The van der Waals surface area contributed by atoms with Crippen LogP contribution in [0.3, 0.4) is 0 Å². The summed E-state index contributed by atoms with van der Waals surface area (Å²) in [4.78, 5) is 15.3. The van der Waals surface area contributed by atoms with E-state index < -0.39 is 0 Å². The first-order valence-corrected chi connectivity index (χ1v) is 8.13. The zero-order valence-electron chi connectivity index (χ0n) is 11.2. The Labute approximate surface area is 129 Å². The van der Waals surface area contributed by atoms with Gasteiger partial charge in [-0.1, -0.05) is 29.3 Å². The number of hydrogen-bond donors (Lipinski definition) is 1. The fourth-order valence-corrected chi connectivity index (χ4v) is 3.48. The summed E-state index contributed by atoms with van der Waals surface area (Å²) < 4.78 is 0.955. The predicted octanol–water partition coefficient (Wildman–Crippen LogP) is 4.39. The normalized spacial score (nSPS) is 20.2. The van der Waals surface area contributed by atoms with E-state index in [2.05, 4.69) is 35.5 Å². The molecule has 0 aromatic heterocycles. The first-order chi connectivity index (χ1) is 9.11. The summed E-state index contributed by atoms with van der Waals surface area (Å²) in [7, 11) is 0. The summed E-state index contributed by atoms with van der Waals surface area (Å²) in [5, 5.41) is 0. The molecular formula is C15H20BrNOS. The number of carbonyl (C=O) groups excluding carboxylic acids is 1. The third-order valence-electron chi connectivity index (χ3n) is 3.90. The van der Waals surface area contributed by atoms with Crippen molar-refractivity contribution >= 4 is 34.5 Å². The number of benzene rings is 1. The van der Waals surface area contributed by atoms with Gasteiger partial charge in [-0.05, 0) is 43.4 Å². The molecule has 1 fully saturated rings. The van der Waals surface area contributed by atoms with Crippen LogP contribution in [-0.2, 0) is 0 Å². The number of rotatable bonds is 2. The van der Waals surface area contributed by atoms with Crippen molar-refractivity contribution in [2.45, 2.75) is 37.5 Å². The summed E-state index contributed by atoms with van der Waals surface area (Å²) in [5.41, 5.74) is 0.710. The van der Waals surface area contributed by atoms with Gasteiger partial charge in [0.15, 0.2) is 0 Å². The lowest BCUT2D eigenvalue weighted by atomic mass is 9.98. The Morgan fingerprint density at radius 1 is 1.42 bits per heavy atom. The van der Waals surface area contributed by atoms with Gasteiger partial charge in [-0.25, -0.2) is 0 Å². The van der Waals surface area contributed by atoms with Gasteiger partial charge in [0.05, 0.1) is 5.56 Å². The van der Waals surface area contributed by atoms with Crippen molar-refractivity contribution < 1.29 is 4.79 Å². The Balaban J connectivity index is 2.10. The first kappa shape index (κ1) is 14.9. The highest BCUT2D eigenvalue weighted by Crippen LogP contribution is 2.24. The van der Waals surface area contributed by atoms with Gasteiger partial charge in [-0.15, -0.1) is 12.6 Å². The fraction of sp³-hybridized carbons (Fsp3) is 0.533. The molecule has 2 nitrogen and oxygen atoms in total. The maximum absolute atomic E-state index is 12.5. The van der Waals surface area contributed by atoms with E-state index in [9.17, 15) is 4.79 Å². The molecular weight excluding hydrogens is 322 g/mol. The summed E-state index contributed by atoms with van der Waals surface area (Å²) in [6.45, 7) is 3.99. The molecule has 1 atom stereocenters. The molecule has 1 aliphatic rings. The van der Waals surface area contributed by atoms with Gasteiger partial charge in [0.2, 0.25) is 0 Å². The molecule has 0 bridgehead atoms. The minimum Gasteiger partial charge on any atom is -0.339 e. The van der Waals surface area contributed by atoms with Crippen LogP contribution in [0.25, 0.3) is 0 Å². The van der Waals surface area contributed by atoms with Gasteiger partial charge in [-0.3, -0.25) is 4.79 Å². The highest BCUT2D eigenvalue weighted by molar-refractivity contribution is 9.10. The Morgan fingerprint density at radius 2 is 2.21 bits per heavy atom. The number of hydrogen-bond acceptors (Lipinski definition) is 2. The molecule has 1 aromatic rings. The highest BCUT2D eigenvalue weighted by atomic mass is 79.9. The van der Waals surface area contributed by atoms with Gasteiger partial charge in [0.1, 0.15) is 0 Å². The summed E-state index contributed by atoms with van der Waals surface area (Å²) in [5.74, 6) is 0.896. The van der Waals surface area contributed by atoms with Gasteiger partial charge >= 0.3 is 0 Å². The lowest BCUT2D eigenvalue weighted by Gasteiger charge is -2.21. The molecule has 0 spiro atoms. The molecule has 0 radical (unpaired) electrons. The molecule has 104 valence electrons. The Kier molecular flexibility index (Phi) is 5.34. The zero-order chi connectivity index (χ0) is 13.8. The van der Waals surface area contributed by atoms with Crippen molar-refractivity contribution in [2.24, 2.45) is 5.92 Å². The predicted molar refractivity (Wildman–Crippen MR) is 84.9 cm³/mol. The fourth-order valence-electron chi connectivity index (χ4n) is 2.63. The van der Waals surface area contributed by atoms with Crippen LogP contribution >= 0.6 is 28.6 Å². The molecule has 4 heteroatoms. The quantitative estimate of drug-likeness (QED) is 0.791. The van der Waals surface area contributed by atoms with Crippen LogP contribution in [0.4, 0.5) is 0 Å². The highest BCUT2D eigenvalue weighted by Gasteiger charge is 2.22. The van der Waals surface area contributed by atoms with E-state index >= 15 is 0 Å². The van der Waals surface area contributed by atoms with Crippen LogP contribution in [0.15, 0.2) is 27.6 Å². The zero-order valence-corrected chi connectivity index (χ0v) is 13.7. The second-order valence-corrected chi connectivity index (χ2v) is 6.56. The van der Waals surface area contributed by atoms with Crippen LogP contribution in [0.1, 0.15) is 43.0 Å². The topological polar surface area (TPSA) is 20.3 Å². The van der Waals surface area contributed by atoms with Gasteiger partial charge in [-0.2, -0.15) is 0 Å². The number of halogens is 1. The third kappa shape index (κ3) is 3.76. The van der Waals surface area contributed by atoms with Crippen LogP contribution in [-0.4, -0.2) is 23.9 Å². The average Bonchev–Trinajstić information content (AvgIpc) is 2.63. The van der Waals surface area contributed by atoms with E-state index in [1.807, 2.05) is 23.1 Å². The molecule has 1 saturated heterocycles. The number of carbonyl (C=O) groups is 1. The SMILES string of the molecule is CCC1CCCN(C(=O)c2ccc(Br)cc2S)CC1. The summed E-state index contributed by atoms with van der Waals surface area (Å²) >= 11 is 7.81. The standard InChI is InChI=1S/C15H20BrNOS/c1-2-11-4-3-8-17(9-7-11)15(18)13-6-5-12(16)10-14(13)19/h5-6,10-11,19H,2-4,7-9H2,1H3. The van der Waals surface area contributed by atoms with Gasteiger partial charge in [0, 0.05) is 22.5 Å². The molecule has 0 saturated carbocycles. The van der Waals surface area contributed by atoms with Gasteiger partial charge < -0.3 is 4.90 Å². The number of likely N-dealkylation sites (tertiary alicyclic amines) is 1. The van der Waals surface area contributed by atoms with Crippen LogP contribution in [0.5, 0.6) is 0 Å². The smallest absolute Gasteiger partial charge is 0.254 e. The van der Waals surface area contributed by atoms with Crippen molar-refractivity contribution in [1.82, 2.24) is 4.90 Å². The Hall–Kier alpha value is -0.480. The van der Waals surface area contributed by atoms with Crippen LogP contribution < -0.4 is 0 Å². The first-order valence-electron chi connectivity index (χ1n) is 6.89. The maximum atomic E-state index is 12.5. The molecule has 0 N–H and O–H groups in total.